The van der Waals surface area contributed by atoms with Gasteiger partial charge in [-0.05, 0) is 43.1 Å². The summed E-state index contributed by atoms with van der Waals surface area (Å²) in [6, 6.07) is 6.82. The Hall–Kier alpha value is -1.65. The number of rotatable bonds is 14. The molecule has 1 aliphatic carbocycles. The van der Waals surface area contributed by atoms with Crippen LogP contribution in [0.2, 0.25) is 0 Å². The third kappa shape index (κ3) is 9.46. The number of halogens is 3. The van der Waals surface area contributed by atoms with E-state index in [0.29, 0.717) is 5.92 Å². The second-order valence-electron chi connectivity index (χ2n) is 9.48. The fourth-order valence-corrected chi connectivity index (χ4v) is 4.82. The second-order valence-corrected chi connectivity index (χ2v) is 9.48. The van der Waals surface area contributed by atoms with Gasteiger partial charge in [0, 0.05) is 5.56 Å². The summed E-state index contributed by atoms with van der Waals surface area (Å²) in [5.74, 6) is -1.50. The first kappa shape index (κ1) is 26.6. The van der Waals surface area contributed by atoms with Gasteiger partial charge in [-0.3, -0.25) is 9.59 Å². The van der Waals surface area contributed by atoms with Crippen LogP contribution in [0.4, 0.5) is 13.2 Å². The molecule has 1 aromatic carbocycles. The van der Waals surface area contributed by atoms with Crippen molar-refractivity contribution in [2.45, 2.75) is 115 Å². The number of benzene rings is 1. The molecule has 1 aromatic rings. The lowest BCUT2D eigenvalue weighted by molar-refractivity contribution is -0.170. The molecular weight excluding hydrogens is 413 g/mol. The zero-order chi connectivity index (χ0) is 23.4. The summed E-state index contributed by atoms with van der Waals surface area (Å²) in [6.07, 6.45) is 12.2. The maximum Gasteiger partial charge on any atom is 0.450 e. The summed E-state index contributed by atoms with van der Waals surface area (Å²) in [5, 5.41) is 0. The lowest BCUT2D eigenvalue weighted by atomic mass is 9.77. The standard InChI is InChI=1S/C27H39F3O2/c1-2-3-4-5-6-7-8-9-10-11-21-12-14-22(15-13-21)23-16-18-24(19-17-23)25(31)20-26(32)27(28,29)30/h16-19,21-22H,2-15,20H2,1H3. The summed E-state index contributed by atoms with van der Waals surface area (Å²) >= 11 is 0. The van der Waals surface area contributed by atoms with Crippen LogP contribution in [0, 0.1) is 5.92 Å². The van der Waals surface area contributed by atoms with E-state index in [-0.39, 0.29) is 5.56 Å². The highest BCUT2D eigenvalue weighted by Crippen LogP contribution is 2.38. The molecule has 0 saturated heterocycles. The minimum Gasteiger partial charge on any atom is -0.294 e. The van der Waals surface area contributed by atoms with E-state index in [2.05, 4.69) is 6.92 Å². The number of hydrogen-bond donors (Lipinski definition) is 0. The molecule has 0 unspecified atom stereocenters. The lowest BCUT2D eigenvalue weighted by Gasteiger charge is -2.29. The van der Waals surface area contributed by atoms with Crippen molar-refractivity contribution in [3.05, 3.63) is 35.4 Å². The molecule has 1 saturated carbocycles. The molecule has 0 atom stereocenters. The van der Waals surface area contributed by atoms with Gasteiger partial charge in [-0.15, -0.1) is 0 Å². The van der Waals surface area contributed by atoms with E-state index in [9.17, 15) is 22.8 Å². The van der Waals surface area contributed by atoms with Crippen LogP contribution in [0.5, 0.6) is 0 Å². The molecule has 0 radical (unpaired) electrons. The van der Waals surface area contributed by atoms with Gasteiger partial charge >= 0.3 is 6.18 Å². The van der Waals surface area contributed by atoms with Crippen LogP contribution in [0.25, 0.3) is 0 Å². The number of Topliss-reactive ketones (excluding diaryl/α,β-unsaturated/α-hetero) is 2. The minimum atomic E-state index is -4.96. The molecule has 0 spiro atoms. The van der Waals surface area contributed by atoms with Gasteiger partial charge in [0.15, 0.2) is 5.78 Å². The van der Waals surface area contributed by atoms with Gasteiger partial charge in [0.05, 0.1) is 6.42 Å². The molecule has 1 fully saturated rings. The topological polar surface area (TPSA) is 34.1 Å². The van der Waals surface area contributed by atoms with E-state index in [1.165, 1.54) is 77.0 Å². The SMILES string of the molecule is CCCCCCCCCCCC1CCC(c2ccc(C(=O)CC(=O)C(F)(F)F)cc2)CC1. The predicted octanol–water partition coefficient (Wildman–Crippen LogP) is 8.59. The molecule has 2 rings (SSSR count). The average Bonchev–Trinajstić information content (AvgIpc) is 2.78. The number of carbonyl (C=O) groups excluding carboxylic acids is 2. The number of hydrogen-bond acceptors (Lipinski definition) is 2. The first-order valence-electron chi connectivity index (χ1n) is 12.5. The van der Waals surface area contributed by atoms with Crippen LogP contribution in [-0.4, -0.2) is 17.7 Å². The molecule has 1 aliphatic rings. The van der Waals surface area contributed by atoms with Gasteiger partial charge in [0.2, 0.25) is 5.78 Å². The Morgan fingerprint density at radius 1 is 0.812 bits per heavy atom. The summed E-state index contributed by atoms with van der Waals surface area (Å²) < 4.78 is 37.0. The number of carbonyl (C=O) groups is 2. The summed E-state index contributed by atoms with van der Waals surface area (Å²) in [4.78, 5) is 23.0. The van der Waals surface area contributed by atoms with Crippen molar-refractivity contribution >= 4 is 11.6 Å². The Kier molecular flexibility index (Phi) is 11.5. The van der Waals surface area contributed by atoms with Gasteiger partial charge in [-0.1, -0.05) is 95.4 Å². The lowest BCUT2D eigenvalue weighted by Crippen LogP contribution is -2.25. The Morgan fingerprint density at radius 2 is 1.34 bits per heavy atom. The smallest absolute Gasteiger partial charge is 0.294 e. The molecule has 0 amide bonds. The van der Waals surface area contributed by atoms with Gasteiger partial charge < -0.3 is 0 Å². The van der Waals surface area contributed by atoms with Gasteiger partial charge in [0.1, 0.15) is 0 Å². The molecule has 0 aliphatic heterocycles. The molecular formula is C27H39F3O2. The van der Waals surface area contributed by atoms with Crippen LogP contribution < -0.4 is 0 Å². The Morgan fingerprint density at radius 3 is 1.88 bits per heavy atom. The number of unbranched alkanes of at least 4 members (excludes halogenated alkanes) is 8. The normalized spacial score (nSPS) is 19.1. The third-order valence-corrected chi connectivity index (χ3v) is 6.90. The van der Waals surface area contributed by atoms with Crippen LogP contribution in [-0.2, 0) is 4.79 Å². The second kappa shape index (κ2) is 13.8. The summed E-state index contributed by atoms with van der Waals surface area (Å²) in [6.45, 7) is 2.25. The first-order chi connectivity index (χ1) is 15.3. The van der Waals surface area contributed by atoms with E-state index in [4.69, 9.17) is 0 Å². The molecule has 0 N–H and O–H groups in total. The molecule has 32 heavy (non-hydrogen) atoms. The zero-order valence-corrected chi connectivity index (χ0v) is 19.5. The molecule has 0 heterocycles. The van der Waals surface area contributed by atoms with Gasteiger partial charge in [-0.25, -0.2) is 0 Å². The van der Waals surface area contributed by atoms with Crippen molar-refractivity contribution in [2.75, 3.05) is 0 Å². The predicted molar refractivity (Wildman–Crippen MR) is 123 cm³/mol. The molecule has 0 aromatic heterocycles. The highest BCUT2D eigenvalue weighted by atomic mass is 19.4. The van der Waals surface area contributed by atoms with Crippen molar-refractivity contribution in [3.8, 4) is 0 Å². The van der Waals surface area contributed by atoms with E-state index < -0.39 is 24.2 Å². The fourth-order valence-electron chi connectivity index (χ4n) is 4.82. The maximum absolute atomic E-state index is 12.3. The van der Waals surface area contributed by atoms with Crippen LogP contribution >= 0.6 is 0 Å². The van der Waals surface area contributed by atoms with E-state index >= 15 is 0 Å². The van der Waals surface area contributed by atoms with E-state index in [1.807, 2.05) is 12.1 Å². The monoisotopic (exact) mass is 452 g/mol. The van der Waals surface area contributed by atoms with Gasteiger partial charge in [-0.2, -0.15) is 13.2 Å². The van der Waals surface area contributed by atoms with E-state index in [0.717, 1.165) is 24.3 Å². The summed E-state index contributed by atoms with van der Waals surface area (Å²) in [5.41, 5.74) is 1.32. The largest absolute Gasteiger partial charge is 0.450 e. The van der Waals surface area contributed by atoms with Crippen LogP contribution in [0.1, 0.15) is 125 Å². The van der Waals surface area contributed by atoms with E-state index in [1.54, 1.807) is 12.1 Å². The highest BCUT2D eigenvalue weighted by molar-refractivity contribution is 6.09. The zero-order valence-electron chi connectivity index (χ0n) is 19.5. The molecule has 180 valence electrons. The average molecular weight is 453 g/mol. The first-order valence-corrected chi connectivity index (χ1v) is 12.5. The van der Waals surface area contributed by atoms with Crippen molar-refractivity contribution in [1.82, 2.24) is 0 Å². The quantitative estimate of drug-likeness (QED) is 0.161. The number of ketones is 2. The molecule has 0 bridgehead atoms. The van der Waals surface area contributed by atoms with Crippen LogP contribution in [0.15, 0.2) is 24.3 Å². The van der Waals surface area contributed by atoms with Crippen LogP contribution in [0.3, 0.4) is 0 Å². The molecule has 2 nitrogen and oxygen atoms in total. The van der Waals surface area contributed by atoms with Crippen molar-refractivity contribution in [1.29, 1.82) is 0 Å². The van der Waals surface area contributed by atoms with Gasteiger partial charge in [0.25, 0.3) is 0 Å². The van der Waals surface area contributed by atoms with Crippen molar-refractivity contribution in [2.24, 2.45) is 5.92 Å². The Balaban J connectivity index is 1.64. The molecule has 5 heteroatoms. The van der Waals surface area contributed by atoms with Crippen molar-refractivity contribution in [3.63, 3.8) is 0 Å². The minimum absolute atomic E-state index is 0.172. The maximum atomic E-state index is 12.3. The summed E-state index contributed by atoms with van der Waals surface area (Å²) in [7, 11) is 0. The third-order valence-electron chi connectivity index (χ3n) is 6.90. The van der Waals surface area contributed by atoms with Crippen molar-refractivity contribution < 1.29 is 22.8 Å². The highest BCUT2D eigenvalue weighted by Gasteiger charge is 2.39. The Labute approximate surface area is 191 Å². The fraction of sp³-hybridized carbons (Fsp3) is 0.704. The Bertz CT molecular complexity index is 686. The number of alkyl halides is 3.